The molecule has 4 atom stereocenters. The Bertz CT molecular complexity index is 565. The zero-order valence-corrected chi connectivity index (χ0v) is 10.3. The minimum atomic E-state index is -1.36. The number of aliphatic hydroxyl groups is 3. The third kappa shape index (κ3) is 2.35. The number of rotatable bonds is 3. The molecule has 0 aromatic carbocycles. The van der Waals surface area contributed by atoms with Crippen LogP contribution in [-0.2, 0) is 11.2 Å². The van der Waals surface area contributed by atoms with Gasteiger partial charge >= 0.3 is 5.69 Å². The highest BCUT2D eigenvalue weighted by molar-refractivity contribution is 5.05. The molecule has 1 aliphatic rings. The van der Waals surface area contributed by atoms with E-state index in [4.69, 9.17) is 9.84 Å². The highest BCUT2D eigenvalue weighted by Gasteiger charge is 2.43. The Balaban J connectivity index is 2.43. The van der Waals surface area contributed by atoms with Crippen molar-refractivity contribution in [2.45, 2.75) is 37.9 Å². The van der Waals surface area contributed by atoms with Gasteiger partial charge in [-0.25, -0.2) is 4.79 Å². The third-order valence-electron chi connectivity index (χ3n) is 3.21. The summed E-state index contributed by atoms with van der Waals surface area (Å²) in [4.78, 5) is 25.3. The van der Waals surface area contributed by atoms with Crippen LogP contribution in [0.2, 0.25) is 0 Å². The maximum atomic E-state index is 11.7. The van der Waals surface area contributed by atoms with E-state index < -0.39 is 42.4 Å². The molecule has 1 unspecified atom stereocenters. The van der Waals surface area contributed by atoms with Gasteiger partial charge in [0, 0.05) is 11.8 Å². The van der Waals surface area contributed by atoms with Crippen molar-refractivity contribution in [1.82, 2.24) is 9.55 Å². The van der Waals surface area contributed by atoms with Crippen molar-refractivity contribution in [3.63, 3.8) is 0 Å². The van der Waals surface area contributed by atoms with Crippen LogP contribution in [0.15, 0.2) is 15.8 Å². The summed E-state index contributed by atoms with van der Waals surface area (Å²) in [7, 11) is 0. The number of H-pyrrole nitrogens is 1. The summed E-state index contributed by atoms with van der Waals surface area (Å²) < 4.78 is 6.25. The summed E-state index contributed by atoms with van der Waals surface area (Å²) in [6, 6.07) is 0. The molecule has 1 aromatic heterocycles. The third-order valence-corrected chi connectivity index (χ3v) is 3.21. The average Bonchev–Trinajstić information content (AvgIpc) is 2.67. The molecule has 0 amide bonds. The molecule has 0 saturated carbocycles. The van der Waals surface area contributed by atoms with Crippen molar-refractivity contribution < 1.29 is 20.1 Å². The molecule has 8 heteroatoms. The van der Waals surface area contributed by atoms with Gasteiger partial charge in [0.05, 0.1) is 6.61 Å². The highest BCUT2D eigenvalue weighted by atomic mass is 16.6. The van der Waals surface area contributed by atoms with Crippen LogP contribution in [0.1, 0.15) is 18.7 Å². The normalized spacial score (nSPS) is 30.7. The Morgan fingerprint density at radius 2 is 2.05 bits per heavy atom. The van der Waals surface area contributed by atoms with Crippen molar-refractivity contribution in [3.8, 4) is 0 Å². The van der Waals surface area contributed by atoms with Crippen molar-refractivity contribution in [3.05, 3.63) is 32.6 Å². The number of ether oxygens (including phenoxy) is 1. The number of aryl methyl sites for hydroxylation is 1. The van der Waals surface area contributed by atoms with Crippen molar-refractivity contribution in [2.75, 3.05) is 6.61 Å². The molecule has 1 aromatic rings. The molecular formula is C11H16N2O6. The minimum absolute atomic E-state index is 0.359. The van der Waals surface area contributed by atoms with Crippen molar-refractivity contribution in [2.24, 2.45) is 0 Å². The molecule has 19 heavy (non-hydrogen) atoms. The molecule has 1 saturated heterocycles. The van der Waals surface area contributed by atoms with E-state index in [2.05, 4.69) is 4.98 Å². The maximum Gasteiger partial charge on any atom is 0.330 e. The summed E-state index contributed by atoms with van der Waals surface area (Å²) >= 11 is 0. The fraction of sp³-hybridized carbons (Fsp3) is 0.636. The second-order valence-electron chi connectivity index (χ2n) is 4.40. The first-order valence-corrected chi connectivity index (χ1v) is 5.96. The van der Waals surface area contributed by atoms with E-state index in [1.54, 1.807) is 6.92 Å². The van der Waals surface area contributed by atoms with Crippen LogP contribution in [0, 0.1) is 0 Å². The Labute approximate surface area is 107 Å². The standard InChI is InChI=1S/C11H16N2O6/c1-2-5-3-13(11(18)12-9(5)17)10-8(16)7(15)6(4-14)19-10/h3,6-8,10,14-16H,2,4H2,1H3,(H,12,17,18)/t6-,7?,8+,10-/m1/s1. The lowest BCUT2D eigenvalue weighted by atomic mass is 10.1. The van der Waals surface area contributed by atoms with Crippen LogP contribution in [0.5, 0.6) is 0 Å². The molecule has 0 bridgehead atoms. The van der Waals surface area contributed by atoms with E-state index in [9.17, 15) is 19.8 Å². The van der Waals surface area contributed by atoms with Gasteiger partial charge in [0.2, 0.25) is 0 Å². The van der Waals surface area contributed by atoms with E-state index in [0.717, 1.165) is 4.57 Å². The molecule has 4 N–H and O–H groups in total. The molecule has 2 heterocycles. The summed E-state index contributed by atoms with van der Waals surface area (Å²) in [6.07, 6.45) is -3.05. The Morgan fingerprint density at radius 1 is 1.37 bits per heavy atom. The van der Waals surface area contributed by atoms with Crippen molar-refractivity contribution in [1.29, 1.82) is 0 Å². The SMILES string of the molecule is CCc1cn([C@@H]2O[C@H](CO)C(O)[C@@H]2O)c(=O)[nH]c1=O. The first-order valence-electron chi connectivity index (χ1n) is 5.96. The van der Waals surface area contributed by atoms with Gasteiger partial charge in [-0.1, -0.05) is 6.92 Å². The van der Waals surface area contributed by atoms with E-state index >= 15 is 0 Å². The van der Waals surface area contributed by atoms with Gasteiger partial charge in [0.1, 0.15) is 18.3 Å². The number of aliphatic hydroxyl groups excluding tert-OH is 3. The fourth-order valence-corrected chi connectivity index (χ4v) is 2.08. The topological polar surface area (TPSA) is 125 Å². The molecule has 0 aliphatic carbocycles. The average molecular weight is 272 g/mol. The molecule has 1 fully saturated rings. The second-order valence-corrected chi connectivity index (χ2v) is 4.40. The van der Waals surface area contributed by atoms with E-state index in [-0.39, 0.29) is 0 Å². The van der Waals surface area contributed by atoms with Gasteiger partial charge in [-0.3, -0.25) is 14.3 Å². The van der Waals surface area contributed by atoms with Gasteiger partial charge < -0.3 is 20.1 Å². The number of aromatic nitrogens is 2. The Kier molecular flexibility index (Phi) is 3.85. The van der Waals surface area contributed by atoms with Crippen LogP contribution in [0.4, 0.5) is 0 Å². The molecule has 2 rings (SSSR count). The van der Waals surface area contributed by atoms with Gasteiger partial charge in [0.15, 0.2) is 6.23 Å². The molecule has 1 aliphatic heterocycles. The lowest BCUT2D eigenvalue weighted by molar-refractivity contribution is -0.0551. The summed E-state index contributed by atoms with van der Waals surface area (Å²) in [6.45, 7) is 1.27. The van der Waals surface area contributed by atoms with Crippen LogP contribution in [-0.4, -0.2) is 49.8 Å². The van der Waals surface area contributed by atoms with E-state index in [1.165, 1.54) is 6.20 Å². The molecule has 0 radical (unpaired) electrons. The monoisotopic (exact) mass is 272 g/mol. The minimum Gasteiger partial charge on any atom is -0.394 e. The predicted octanol–water partition coefficient (Wildman–Crippen LogP) is -2.29. The van der Waals surface area contributed by atoms with Crippen molar-refractivity contribution >= 4 is 0 Å². The van der Waals surface area contributed by atoms with E-state index in [0.29, 0.717) is 12.0 Å². The zero-order valence-electron chi connectivity index (χ0n) is 10.3. The number of nitrogens with one attached hydrogen (secondary N) is 1. The Hall–Kier alpha value is -1.48. The molecule has 0 spiro atoms. The lowest BCUT2D eigenvalue weighted by Gasteiger charge is -2.17. The number of hydrogen-bond donors (Lipinski definition) is 4. The first kappa shape index (κ1) is 13.9. The predicted molar refractivity (Wildman–Crippen MR) is 63.7 cm³/mol. The van der Waals surface area contributed by atoms with Gasteiger partial charge in [-0.05, 0) is 6.42 Å². The summed E-state index contributed by atoms with van der Waals surface area (Å²) in [5.41, 5.74) is -0.870. The summed E-state index contributed by atoms with van der Waals surface area (Å²) in [5, 5.41) is 28.5. The van der Waals surface area contributed by atoms with Gasteiger partial charge in [0.25, 0.3) is 5.56 Å². The van der Waals surface area contributed by atoms with Crippen LogP contribution in [0.25, 0.3) is 0 Å². The lowest BCUT2D eigenvalue weighted by Crippen LogP contribution is -2.38. The Morgan fingerprint density at radius 3 is 2.58 bits per heavy atom. The second kappa shape index (κ2) is 5.25. The summed E-state index contributed by atoms with van der Waals surface area (Å²) in [5.74, 6) is 0. The molecular weight excluding hydrogens is 256 g/mol. The highest BCUT2D eigenvalue weighted by Crippen LogP contribution is 2.27. The van der Waals surface area contributed by atoms with Crippen LogP contribution < -0.4 is 11.2 Å². The number of aromatic amines is 1. The number of nitrogens with zero attached hydrogens (tertiary/aromatic N) is 1. The zero-order chi connectivity index (χ0) is 14.2. The van der Waals surface area contributed by atoms with Gasteiger partial charge in [-0.15, -0.1) is 0 Å². The number of hydrogen-bond acceptors (Lipinski definition) is 6. The maximum absolute atomic E-state index is 11.7. The first-order chi connectivity index (χ1) is 8.99. The smallest absolute Gasteiger partial charge is 0.330 e. The quantitative estimate of drug-likeness (QED) is 0.491. The van der Waals surface area contributed by atoms with E-state index in [1.807, 2.05) is 0 Å². The van der Waals surface area contributed by atoms with Crippen LogP contribution in [0.3, 0.4) is 0 Å². The van der Waals surface area contributed by atoms with Crippen LogP contribution >= 0.6 is 0 Å². The molecule has 106 valence electrons. The van der Waals surface area contributed by atoms with Gasteiger partial charge in [-0.2, -0.15) is 0 Å². The largest absolute Gasteiger partial charge is 0.394 e. The fourth-order valence-electron chi connectivity index (χ4n) is 2.08. The molecule has 8 nitrogen and oxygen atoms in total.